The van der Waals surface area contributed by atoms with Gasteiger partial charge in [0, 0.05) is 25.2 Å². The van der Waals surface area contributed by atoms with E-state index in [0.29, 0.717) is 11.8 Å². The van der Waals surface area contributed by atoms with E-state index < -0.39 is 0 Å². The second-order valence-electron chi connectivity index (χ2n) is 4.77. The van der Waals surface area contributed by atoms with Crippen LogP contribution < -0.4 is 5.32 Å². The van der Waals surface area contributed by atoms with Gasteiger partial charge in [0.15, 0.2) is 5.76 Å². The zero-order chi connectivity index (χ0) is 12.3. The molecular weight excluding hydrogens is 216 g/mol. The minimum Gasteiger partial charge on any atom is -0.459 e. The van der Waals surface area contributed by atoms with E-state index in [0.717, 1.165) is 25.1 Å². The van der Waals surface area contributed by atoms with Crippen molar-refractivity contribution in [1.82, 2.24) is 10.2 Å². The molecule has 1 N–H and O–H groups in total. The van der Waals surface area contributed by atoms with E-state index in [1.807, 2.05) is 20.0 Å². The van der Waals surface area contributed by atoms with E-state index in [1.54, 1.807) is 11.2 Å². The maximum atomic E-state index is 12.1. The minimum absolute atomic E-state index is 0.0279. The fraction of sp³-hybridized carbons (Fsp3) is 0.615. The van der Waals surface area contributed by atoms with Crippen molar-refractivity contribution in [2.45, 2.75) is 32.2 Å². The third-order valence-electron chi connectivity index (χ3n) is 3.31. The molecule has 0 aliphatic carbocycles. The summed E-state index contributed by atoms with van der Waals surface area (Å²) in [5.41, 5.74) is 0.901. The van der Waals surface area contributed by atoms with E-state index in [2.05, 4.69) is 5.32 Å². The molecule has 2 heterocycles. The number of hydrogen-bond donors (Lipinski definition) is 1. The maximum absolute atomic E-state index is 12.1. The predicted molar refractivity (Wildman–Crippen MR) is 66.0 cm³/mol. The van der Waals surface area contributed by atoms with Gasteiger partial charge in [-0.3, -0.25) is 4.79 Å². The van der Waals surface area contributed by atoms with Crippen molar-refractivity contribution in [3.05, 3.63) is 23.7 Å². The lowest BCUT2D eigenvalue weighted by Crippen LogP contribution is -2.44. The minimum atomic E-state index is -0.0279. The number of nitrogens with zero attached hydrogens (tertiary/aromatic N) is 1. The molecule has 17 heavy (non-hydrogen) atoms. The second kappa shape index (κ2) is 5.36. The smallest absolute Gasteiger partial charge is 0.289 e. The van der Waals surface area contributed by atoms with E-state index in [4.69, 9.17) is 4.42 Å². The zero-order valence-corrected chi connectivity index (χ0v) is 10.5. The number of hydrogen-bond acceptors (Lipinski definition) is 3. The first-order valence-electron chi connectivity index (χ1n) is 6.21. The molecule has 1 atom stereocenters. The highest BCUT2D eigenvalue weighted by Crippen LogP contribution is 2.13. The first-order valence-corrected chi connectivity index (χ1v) is 6.21. The Hall–Kier alpha value is -1.29. The predicted octanol–water partition coefficient (Wildman–Crippen LogP) is 1.80. The van der Waals surface area contributed by atoms with Crippen LogP contribution in [0, 0.1) is 6.92 Å². The number of amides is 1. The molecule has 1 aromatic heterocycles. The van der Waals surface area contributed by atoms with Crippen LogP contribution in [0.1, 0.15) is 35.4 Å². The van der Waals surface area contributed by atoms with Crippen LogP contribution in [0.3, 0.4) is 0 Å². The number of rotatable bonds is 3. The van der Waals surface area contributed by atoms with Gasteiger partial charge in [-0.1, -0.05) is 6.42 Å². The molecule has 1 aromatic rings. The molecule has 94 valence electrons. The van der Waals surface area contributed by atoms with Gasteiger partial charge in [-0.2, -0.15) is 0 Å². The van der Waals surface area contributed by atoms with Gasteiger partial charge in [0.1, 0.15) is 0 Å². The highest BCUT2D eigenvalue weighted by atomic mass is 16.3. The molecular formula is C13H20N2O2. The molecule has 4 nitrogen and oxygen atoms in total. The van der Waals surface area contributed by atoms with E-state index >= 15 is 0 Å². The molecule has 1 aliphatic rings. The van der Waals surface area contributed by atoms with Crippen molar-refractivity contribution in [1.29, 1.82) is 0 Å². The molecule has 1 amide bonds. The molecule has 0 aromatic carbocycles. The van der Waals surface area contributed by atoms with Crippen molar-refractivity contribution in [2.24, 2.45) is 0 Å². The lowest BCUT2D eigenvalue weighted by atomic mass is 10.0. The summed E-state index contributed by atoms with van der Waals surface area (Å²) in [6.07, 6.45) is 5.20. The lowest BCUT2D eigenvalue weighted by molar-refractivity contribution is 0.0743. The fourth-order valence-corrected chi connectivity index (χ4v) is 2.26. The average Bonchev–Trinajstić information content (AvgIpc) is 2.76. The number of carbonyl (C=O) groups is 1. The Morgan fingerprint density at radius 3 is 3.00 bits per heavy atom. The van der Waals surface area contributed by atoms with Gasteiger partial charge in [-0.15, -0.1) is 0 Å². The average molecular weight is 236 g/mol. The summed E-state index contributed by atoms with van der Waals surface area (Å²) < 4.78 is 5.22. The molecule has 0 bridgehead atoms. The monoisotopic (exact) mass is 236 g/mol. The largest absolute Gasteiger partial charge is 0.459 e. The van der Waals surface area contributed by atoms with Gasteiger partial charge < -0.3 is 14.6 Å². The first-order chi connectivity index (χ1) is 8.18. The van der Waals surface area contributed by atoms with Gasteiger partial charge in [0.25, 0.3) is 5.91 Å². The SMILES string of the molecule is Cc1ccoc1C(=O)N(C)CC1CCCCN1. The van der Waals surface area contributed by atoms with Crippen LogP contribution >= 0.6 is 0 Å². The summed E-state index contributed by atoms with van der Waals surface area (Å²) in [4.78, 5) is 13.8. The number of nitrogens with one attached hydrogen (secondary N) is 1. The van der Waals surface area contributed by atoms with Crippen molar-refractivity contribution < 1.29 is 9.21 Å². The van der Waals surface area contributed by atoms with Gasteiger partial charge in [-0.05, 0) is 32.4 Å². The molecule has 1 aliphatic heterocycles. The van der Waals surface area contributed by atoms with Gasteiger partial charge in [0.05, 0.1) is 6.26 Å². The Labute approximate surface area is 102 Å². The molecule has 0 spiro atoms. The van der Waals surface area contributed by atoms with E-state index in [-0.39, 0.29) is 5.91 Å². The Balaban J connectivity index is 1.93. The molecule has 0 radical (unpaired) electrons. The lowest BCUT2D eigenvalue weighted by Gasteiger charge is -2.27. The molecule has 1 saturated heterocycles. The number of piperidine rings is 1. The van der Waals surface area contributed by atoms with Crippen LogP contribution in [0.4, 0.5) is 0 Å². The van der Waals surface area contributed by atoms with Crippen LogP contribution in [0.2, 0.25) is 0 Å². The molecule has 0 saturated carbocycles. The summed E-state index contributed by atoms with van der Waals surface area (Å²) in [7, 11) is 1.83. The van der Waals surface area contributed by atoms with Crippen LogP contribution in [-0.2, 0) is 0 Å². The van der Waals surface area contributed by atoms with Crippen molar-refractivity contribution >= 4 is 5.91 Å². The molecule has 4 heteroatoms. The third-order valence-corrected chi connectivity index (χ3v) is 3.31. The summed E-state index contributed by atoms with van der Waals surface area (Å²) >= 11 is 0. The first kappa shape index (κ1) is 12.2. The van der Waals surface area contributed by atoms with Gasteiger partial charge >= 0.3 is 0 Å². The van der Waals surface area contributed by atoms with E-state index in [9.17, 15) is 4.79 Å². The van der Waals surface area contributed by atoms with Crippen LogP contribution in [0.15, 0.2) is 16.7 Å². The van der Waals surface area contributed by atoms with Crippen LogP contribution in [0.25, 0.3) is 0 Å². The Morgan fingerprint density at radius 2 is 2.41 bits per heavy atom. The number of aryl methyl sites for hydroxylation is 1. The summed E-state index contributed by atoms with van der Waals surface area (Å²) in [6.45, 7) is 3.70. The number of likely N-dealkylation sites (N-methyl/N-ethyl adjacent to an activating group) is 1. The highest BCUT2D eigenvalue weighted by molar-refractivity contribution is 5.92. The van der Waals surface area contributed by atoms with E-state index in [1.165, 1.54) is 12.8 Å². The summed E-state index contributed by atoms with van der Waals surface area (Å²) in [6, 6.07) is 2.24. The van der Waals surface area contributed by atoms with Crippen molar-refractivity contribution in [3.8, 4) is 0 Å². The molecule has 1 fully saturated rings. The van der Waals surface area contributed by atoms with Crippen molar-refractivity contribution in [3.63, 3.8) is 0 Å². The highest BCUT2D eigenvalue weighted by Gasteiger charge is 2.21. The maximum Gasteiger partial charge on any atom is 0.289 e. The fourth-order valence-electron chi connectivity index (χ4n) is 2.26. The van der Waals surface area contributed by atoms with Crippen LogP contribution in [-0.4, -0.2) is 37.0 Å². The van der Waals surface area contributed by atoms with Gasteiger partial charge in [0.2, 0.25) is 0 Å². The van der Waals surface area contributed by atoms with Crippen molar-refractivity contribution in [2.75, 3.05) is 20.1 Å². The summed E-state index contributed by atoms with van der Waals surface area (Å²) in [5, 5.41) is 3.44. The molecule has 1 unspecified atom stereocenters. The third kappa shape index (κ3) is 2.88. The molecule has 2 rings (SSSR count). The Kier molecular flexibility index (Phi) is 3.84. The normalized spacial score (nSPS) is 20.2. The topological polar surface area (TPSA) is 45.5 Å². The second-order valence-corrected chi connectivity index (χ2v) is 4.77. The quantitative estimate of drug-likeness (QED) is 0.870. The van der Waals surface area contributed by atoms with Crippen LogP contribution in [0.5, 0.6) is 0 Å². The zero-order valence-electron chi connectivity index (χ0n) is 10.5. The standard InChI is InChI=1S/C13H20N2O2/c1-10-6-8-17-12(10)13(16)15(2)9-11-5-3-4-7-14-11/h6,8,11,14H,3-5,7,9H2,1-2H3. The Morgan fingerprint density at radius 1 is 1.59 bits per heavy atom. The number of furan rings is 1. The summed E-state index contributed by atoms with van der Waals surface area (Å²) in [5.74, 6) is 0.434. The number of carbonyl (C=O) groups excluding carboxylic acids is 1. The van der Waals surface area contributed by atoms with Gasteiger partial charge in [-0.25, -0.2) is 0 Å². The Bertz CT molecular complexity index is 381.